The third-order valence-electron chi connectivity index (χ3n) is 4.40. The van der Waals surface area contributed by atoms with Crippen molar-refractivity contribution in [2.45, 2.75) is 19.9 Å². The van der Waals surface area contributed by atoms with Gasteiger partial charge in [-0.1, -0.05) is 36.4 Å². The zero-order chi connectivity index (χ0) is 18.1. The first kappa shape index (κ1) is 16.2. The first-order chi connectivity index (χ1) is 12.6. The SMILES string of the molecule is Cc1ccccc1C(C)Nc1ccc2nnc(-c3ccccc3F)n2n1. The molecular formula is C20H18FN5. The Hall–Kier alpha value is -3.28. The van der Waals surface area contributed by atoms with Crippen molar-refractivity contribution in [2.75, 3.05) is 5.32 Å². The predicted octanol–water partition coefficient (Wildman–Crippen LogP) is 4.41. The average molecular weight is 347 g/mol. The molecule has 26 heavy (non-hydrogen) atoms. The molecule has 0 amide bonds. The molecule has 2 aromatic heterocycles. The lowest BCUT2D eigenvalue weighted by Gasteiger charge is -2.17. The highest BCUT2D eigenvalue weighted by Gasteiger charge is 2.14. The van der Waals surface area contributed by atoms with E-state index >= 15 is 0 Å². The Bertz CT molecular complexity index is 1070. The molecule has 1 N–H and O–H groups in total. The van der Waals surface area contributed by atoms with Crippen molar-refractivity contribution in [1.82, 2.24) is 19.8 Å². The molecule has 4 rings (SSSR count). The lowest BCUT2D eigenvalue weighted by molar-refractivity contribution is 0.629. The fourth-order valence-electron chi connectivity index (χ4n) is 3.05. The van der Waals surface area contributed by atoms with Crippen LogP contribution in [0.2, 0.25) is 0 Å². The maximum atomic E-state index is 14.1. The summed E-state index contributed by atoms with van der Waals surface area (Å²) in [6.07, 6.45) is 0. The van der Waals surface area contributed by atoms with E-state index in [9.17, 15) is 4.39 Å². The fraction of sp³-hybridized carbons (Fsp3) is 0.150. The molecule has 0 bridgehead atoms. The number of anilines is 1. The van der Waals surface area contributed by atoms with E-state index in [1.807, 2.05) is 24.3 Å². The van der Waals surface area contributed by atoms with Crippen LogP contribution in [0.5, 0.6) is 0 Å². The van der Waals surface area contributed by atoms with Gasteiger partial charge >= 0.3 is 0 Å². The van der Waals surface area contributed by atoms with Crippen LogP contribution in [0.4, 0.5) is 10.2 Å². The maximum Gasteiger partial charge on any atom is 0.188 e. The van der Waals surface area contributed by atoms with E-state index < -0.39 is 0 Å². The second-order valence-electron chi connectivity index (χ2n) is 6.21. The van der Waals surface area contributed by atoms with E-state index in [0.717, 1.165) is 0 Å². The molecular weight excluding hydrogens is 329 g/mol. The number of benzene rings is 2. The standard InChI is InChI=1S/C20H18FN5/c1-13-7-3-4-8-15(13)14(2)22-18-11-12-19-23-24-20(26(19)25-18)16-9-5-6-10-17(16)21/h3-12,14H,1-2H3,(H,22,25). The smallest absolute Gasteiger partial charge is 0.188 e. The van der Waals surface area contributed by atoms with Crippen LogP contribution in [0.1, 0.15) is 24.1 Å². The molecule has 130 valence electrons. The number of aromatic nitrogens is 4. The molecule has 0 saturated carbocycles. The Kier molecular flexibility index (Phi) is 4.08. The molecule has 2 aromatic carbocycles. The molecule has 0 aliphatic carbocycles. The van der Waals surface area contributed by atoms with E-state index in [-0.39, 0.29) is 11.9 Å². The van der Waals surface area contributed by atoms with Crippen LogP contribution in [-0.2, 0) is 0 Å². The Morgan fingerprint density at radius 3 is 2.54 bits per heavy atom. The molecule has 1 atom stereocenters. The van der Waals surface area contributed by atoms with Crippen LogP contribution in [0, 0.1) is 12.7 Å². The lowest BCUT2D eigenvalue weighted by Crippen LogP contribution is -2.10. The van der Waals surface area contributed by atoms with E-state index in [1.54, 1.807) is 22.7 Å². The zero-order valence-electron chi connectivity index (χ0n) is 14.5. The van der Waals surface area contributed by atoms with Crippen molar-refractivity contribution < 1.29 is 4.39 Å². The van der Waals surface area contributed by atoms with E-state index in [2.05, 4.69) is 46.6 Å². The van der Waals surface area contributed by atoms with E-state index in [0.29, 0.717) is 22.9 Å². The number of fused-ring (bicyclic) bond motifs is 1. The second kappa shape index (κ2) is 6.55. The molecule has 6 heteroatoms. The molecule has 0 fully saturated rings. The minimum atomic E-state index is -0.352. The summed E-state index contributed by atoms with van der Waals surface area (Å²) in [6.45, 7) is 4.17. The molecule has 0 radical (unpaired) electrons. The summed E-state index contributed by atoms with van der Waals surface area (Å²) in [5, 5.41) is 16.1. The molecule has 2 heterocycles. The third kappa shape index (κ3) is 2.90. The van der Waals surface area contributed by atoms with Crippen LogP contribution in [0.25, 0.3) is 17.0 Å². The quantitative estimate of drug-likeness (QED) is 0.594. The van der Waals surface area contributed by atoms with Crippen molar-refractivity contribution in [1.29, 1.82) is 0 Å². The predicted molar refractivity (Wildman–Crippen MR) is 99.4 cm³/mol. The summed E-state index contributed by atoms with van der Waals surface area (Å²) in [5.74, 6) is 0.700. The average Bonchev–Trinajstić information content (AvgIpc) is 3.05. The topological polar surface area (TPSA) is 55.1 Å². The minimum Gasteiger partial charge on any atom is -0.362 e. The van der Waals surface area contributed by atoms with Gasteiger partial charge in [-0.3, -0.25) is 0 Å². The summed E-state index contributed by atoms with van der Waals surface area (Å²) < 4.78 is 15.7. The molecule has 0 aliphatic heterocycles. The summed E-state index contributed by atoms with van der Waals surface area (Å²) in [6, 6.07) is 18.4. The monoisotopic (exact) mass is 347 g/mol. The highest BCUT2D eigenvalue weighted by molar-refractivity contribution is 5.60. The van der Waals surface area contributed by atoms with Gasteiger partial charge in [-0.2, -0.15) is 4.52 Å². The molecule has 1 unspecified atom stereocenters. The maximum absolute atomic E-state index is 14.1. The Morgan fingerprint density at radius 1 is 0.962 bits per heavy atom. The van der Waals surface area contributed by atoms with Gasteiger partial charge in [0.15, 0.2) is 11.5 Å². The van der Waals surface area contributed by atoms with Gasteiger partial charge in [-0.25, -0.2) is 4.39 Å². The van der Waals surface area contributed by atoms with Gasteiger partial charge in [0.25, 0.3) is 0 Å². The van der Waals surface area contributed by atoms with Crippen LogP contribution in [0.3, 0.4) is 0 Å². The van der Waals surface area contributed by atoms with Crippen LogP contribution < -0.4 is 5.32 Å². The number of rotatable bonds is 4. The molecule has 0 saturated heterocycles. The highest BCUT2D eigenvalue weighted by Crippen LogP contribution is 2.23. The number of aryl methyl sites for hydroxylation is 1. The van der Waals surface area contributed by atoms with Gasteiger partial charge in [-0.15, -0.1) is 15.3 Å². The molecule has 0 spiro atoms. The first-order valence-corrected chi connectivity index (χ1v) is 8.43. The number of nitrogens with zero attached hydrogens (tertiary/aromatic N) is 4. The largest absolute Gasteiger partial charge is 0.362 e. The number of nitrogens with one attached hydrogen (secondary N) is 1. The Labute approximate surface area is 150 Å². The fourth-order valence-corrected chi connectivity index (χ4v) is 3.05. The van der Waals surface area contributed by atoms with Gasteiger partial charge in [-0.05, 0) is 49.2 Å². The van der Waals surface area contributed by atoms with Crippen molar-refractivity contribution in [3.63, 3.8) is 0 Å². The third-order valence-corrected chi connectivity index (χ3v) is 4.40. The van der Waals surface area contributed by atoms with E-state index in [1.165, 1.54) is 17.2 Å². The summed E-state index contributed by atoms with van der Waals surface area (Å²) in [5.41, 5.74) is 3.35. The normalized spacial score (nSPS) is 12.3. The number of halogens is 1. The van der Waals surface area contributed by atoms with Crippen molar-refractivity contribution in [3.05, 3.63) is 77.6 Å². The summed E-state index contributed by atoms with van der Waals surface area (Å²) >= 11 is 0. The summed E-state index contributed by atoms with van der Waals surface area (Å²) in [4.78, 5) is 0. The van der Waals surface area contributed by atoms with E-state index in [4.69, 9.17) is 0 Å². The van der Waals surface area contributed by atoms with Crippen molar-refractivity contribution >= 4 is 11.5 Å². The zero-order valence-corrected chi connectivity index (χ0v) is 14.5. The van der Waals surface area contributed by atoms with Crippen LogP contribution >= 0.6 is 0 Å². The van der Waals surface area contributed by atoms with Crippen molar-refractivity contribution in [3.8, 4) is 11.4 Å². The van der Waals surface area contributed by atoms with Gasteiger partial charge in [0.05, 0.1) is 11.6 Å². The highest BCUT2D eigenvalue weighted by atomic mass is 19.1. The van der Waals surface area contributed by atoms with Gasteiger partial charge < -0.3 is 5.32 Å². The molecule has 0 aliphatic rings. The van der Waals surface area contributed by atoms with Crippen LogP contribution in [-0.4, -0.2) is 19.8 Å². The van der Waals surface area contributed by atoms with Gasteiger partial charge in [0.2, 0.25) is 0 Å². The molecule has 5 nitrogen and oxygen atoms in total. The lowest BCUT2D eigenvalue weighted by atomic mass is 10.0. The van der Waals surface area contributed by atoms with Crippen LogP contribution in [0.15, 0.2) is 60.7 Å². The van der Waals surface area contributed by atoms with Gasteiger partial charge in [0, 0.05) is 0 Å². The minimum absolute atomic E-state index is 0.0783. The summed E-state index contributed by atoms with van der Waals surface area (Å²) in [7, 11) is 0. The molecule has 4 aromatic rings. The Morgan fingerprint density at radius 2 is 1.73 bits per heavy atom. The Balaban J connectivity index is 1.71. The van der Waals surface area contributed by atoms with Gasteiger partial charge in [0.1, 0.15) is 11.6 Å². The first-order valence-electron chi connectivity index (χ1n) is 8.43. The number of hydrogen-bond donors (Lipinski definition) is 1. The number of hydrogen-bond acceptors (Lipinski definition) is 4. The van der Waals surface area contributed by atoms with Crippen molar-refractivity contribution in [2.24, 2.45) is 0 Å². The second-order valence-corrected chi connectivity index (χ2v) is 6.21.